The van der Waals surface area contributed by atoms with Crippen LogP contribution in [-0.4, -0.2) is 18.4 Å². The second kappa shape index (κ2) is 7.22. The minimum atomic E-state index is -3.79. The molecule has 0 spiro atoms. The van der Waals surface area contributed by atoms with E-state index in [4.69, 9.17) is 5.73 Å². The van der Waals surface area contributed by atoms with E-state index in [1.807, 2.05) is 13.8 Å². The molecule has 0 fully saturated rings. The summed E-state index contributed by atoms with van der Waals surface area (Å²) in [6.45, 7) is 3.85. The molecule has 106 valence electrons. The molecule has 0 radical (unpaired) electrons. The Hall–Kier alpha value is -1.15. The molecular weight excluding hydrogens is 299 g/mol. The maximum Gasteiger partial charge on any atom is 1.00 e. The molecule has 1 aromatic carbocycles. The zero-order valence-electron chi connectivity index (χ0n) is 12.2. The van der Waals surface area contributed by atoms with E-state index in [-0.39, 0.29) is 46.2 Å². The van der Waals surface area contributed by atoms with Crippen LogP contribution in [0, 0.1) is 0 Å². The first-order valence-corrected chi connectivity index (χ1v) is 7.49. The zero-order valence-corrected chi connectivity index (χ0v) is 15.0. The number of nitrogen functional groups attached to an aromatic ring is 1. The van der Waals surface area contributed by atoms with Crippen LogP contribution in [0.5, 0.6) is 0 Å². The third kappa shape index (κ3) is 4.67. The van der Waals surface area contributed by atoms with Crippen molar-refractivity contribution in [1.29, 1.82) is 0 Å². The van der Waals surface area contributed by atoms with Gasteiger partial charge in [0.2, 0.25) is 10.0 Å². The predicted octanol–water partition coefficient (Wildman–Crippen LogP) is -0.420. The molecule has 2 N–H and O–H groups in total. The Morgan fingerprint density at radius 2 is 1.76 bits per heavy atom. The number of nitrogens with zero attached hydrogens (tertiary/aromatic N) is 3. The molecule has 0 bridgehead atoms. The van der Waals surface area contributed by atoms with Crippen LogP contribution in [0.3, 0.4) is 0 Å². The Morgan fingerprint density at radius 3 is 2.33 bits per heavy atom. The fourth-order valence-electron chi connectivity index (χ4n) is 1.51. The van der Waals surface area contributed by atoms with Crippen molar-refractivity contribution in [3.8, 4) is 0 Å². The van der Waals surface area contributed by atoms with Gasteiger partial charge < -0.3 is 15.4 Å². The van der Waals surface area contributed by atoms with Gasteiger partial charge >= 0.3 is 29.6 Å². The molecular formula is C13H15N4NaO2S. The molecule has 0 unspecified atom stereocenters. The van der Waals surface area contributed by atoms with Crippen LogP contribution in [0.2, 0.25) is 0 Å². The van der Waals surface area contributed by atoms with Crippen molar-refractivity contribution < 1.29 is 38.0 Å². The van der Waals surface area contributed by atoms with Gasteiger partial charge in [0.05, 0.1) is 4.90 Å². The quantitative estimate of drug-likeness (QED) is 0.610. The maximum absolute atomic E-state index is 12.1. The molecule has 0 amide bonds. The van der Waals surface area contributed by atoms with E-state index in [1.165, 1.54) is 36.5 Å². The smallest absolute Gasteiger partial charge is 0.423 e. The molecule has 0 saturated heterocycles. The second-order valence-electron chi connectivity index (χ2n) is 4.56. The normalized spacial score (nSPS) is 11.0. The van der Waals surface area contributed by atoms with Crippen molar-refractivity contribution in [3.05, 3.63) is 47.1 Å². The topological polar surface area (TPSA) is 100 Å². The van der Waals surface area contributed by atoms with Gasteiger partial charge in [-0.3, -0.25) is 4.98 Å². The number of nitrogens with two attached hydrogens (primary N) is 1. The van der Waals surface area contributed by atoms with Crippen molar-refractivity contribution in [1.82, 2.24) is 9.97 Å². The van der Waals surface area contributed by atoms with Gasteiger partial charge in [-0.1, -0.05) is 13.8 Å². The summed E-state index contributed by atoms with van der Waals surface area (Å²) in [5.41, 5.74) is 6.02. The summed E-state index contributed by atoms with van der Waals surface area (Å²) in [6, 6.07) is 7.32. The standard InChI is InChI=1S/C13H15N4O2S.Na/c1-9(2)13-15-8-7-12(16-13)17-20(18,19)11-5-3-10(14)4-6-11;/h3-9H,14H2,1-2H3;/q-1;+1. The van der Waals surface area contributed by atoms with E-state index in [1.54, 1.807) is 0 Å². The minimum Gasteiger partial charge on any atom is -0.423 e. The van der Waals surface area contributed by atoms with Crippen LogP contribution in [0.25, 0.3) is 4.72 Å². The van der Waals surface area contributed by atoms with Crippen LogP contribution >= 0.6 is 0 Å². The van der Waals surface area contributed by atoms with Gasteiger partial charge in [0.15, 0.2) is 0 Å². The van der Waals surface area contributed by atoms with E-state index in [0.717, 1.165) is 0 Å². The van der Waals surface area contributed by atoms with E-state index in [0.29, 0.717) is 11.5 Å². The molecule has 2 rings (SSSR count). The first-order chi connectivity index (χ1) is 9.38. The molecule has 21 heavy (non-hydrogen) atoms. The van der Waals surface area contributed by atoms with Crippen LogP contribution < -0.4 is 35.3 Å². The average Bonchev–Trinajstić information content (AvgIpc) is 2.39. The summed E-state index contributed by atoms with van der Waals surface area (Å²) in [7, 11) is -3.79. The molecule has 6 nitrogen and oxygen atoms in total. The van der Waals surface area contributed by atoms with Gasteiger partial charge in [-0.2, -0.15) is 0 Å². The Morgan fingerprint density at radius 1 is 1.14 bits per heavy atom. The molecule has 0 aliphatic rings. The minimum absolute atomic E-state index is 0. The molecule has 2 aromatic rings. The Labute approximate surface area is 146 Å². The SMILES string of the molecule is CC(C)c1nccc([N-]S(=O)(=O)c2ccc(N)cc2)n1.[Na+]. The number of rotatable bonds is 4. The molecule has 8 heteroatoms. The van der Waals surface area contributed by atoms with Crippen molar-refractivity contribution in [2.45, 2.75) is 24.7 Å². The summed E-state index contributed by atoms with van der Waals surface area (Å²) in [4.78, 5) is 8.27. The zero-order chi connectivity index (χ0) is 14.8. The van der Waals surface area contributed by atoms with E-state index in [9.17, 15) is 8.42 Å². The van der Waals surface area contributed by atoms with E-state index in [2.05, 4.69) is 14.7 Å². The van der Waals surface area contributed by atoms with Gasteiger partial charge in [-0.05, 0) is 42.1 Å². The number of aromatic nitrogens is 2. The number of hydrogen-bond acceptors (Lipinski definition) is 5. The van der Waals surface area contributed by atoms with Gasteiger partial charge in [-0.25, -0.2) is 8.42 Å². The van der Waals surface area contributed by atoms with Gasteiger partial charge in [0, 0.05) is 17.7 Å². The largest absolute Gasteiger partial charge is 1.00 e. The summed E-state index contributed by atoms with van der Waals surface area (Å²) in [5, 5.41) is 0. The first kappa shape index (κ1) is 17.9. The summed E-state index contributed by atoms with van der Waals surface area (Å²) in [6.07, 6.45) is 1.50. The maximum atomic E-state index is 12.1. The molecule has 0 aliphatic heterocycles. The van der Waals surface area contributed by atoms with Gasteiger partial charge in [-0.15, -0.1) is 0 Å². The van der Waals surface area contributed by atoms with E-state index < -0.39 is 10.0 Å². The molecule has 1 heterocycles. The van der Waals surface area contributed by atoms with Crippen molar-refractivity contribution in [2.75, 3.05) is 5.73 Å². The predicted molar refractivity (Wildman–Crippen MR) is 77.2 cm³/mol. The number of anilines is 1. The van der Waals surface area contributed by atoms with Crippen molar-refractivity contribution in [2.24, 2.45) is 0 Å². The monoisotopic (exact) mass is 314 g/mol. The Kier molecular flexibility index (Phi) is 6.15. The third-order valence-electron chi connectivity index (χ3n) is 2.57. The molecule has 0 aliphatic carbocycles. The van der Waals surface area contributed by atoms with Crippen molar-refractivity contribution in [3.63, 3.8) is 0 Å². The van der Waals surface area contributed by atoms with Crippen molar-refractivity contribution >= 4 is 21.5 Å². The van der Waals surface area contributed by atoms with Gasteiger partial charge in [0.1, 0.15) is 0 Å². The van der Waals surface area contributed by atoms with E-state index >= 15 is 0 Å². The number of benzene rings is 1. The van der Waals surface area contributed by atoms with Gasteiger partial charge in [0.25, 0.3) is 0 Å². The first-order valence-electron chi connectivity index (χ1n) is 6.05. The molecule has 1 aromatic heterocycles. The Bertz CT molecular complexity index is 702. The second-order valence-corrected chi connectivity index (χ2v) is 6.17. The summed E-state index contributed by atoms with van der Waals surface area (Å²) in [5.74, 6) is 0.781. The Balaban J connectivity index is 0.00000220. The molecule has 0 saturated carbocycles. The number of sulfonamides is 1. The fraction of sp³-hybridized carbons (Fsp3) is 0.231. The third-order valence-corrected chi connectivity index (χ3v) is 3.86. The fourth-order valence-corrected chi connectivity index (χ4v) is 2.44. The molecule has 0 atom stereocenters. The number of hydrogen-bond donors (Lipinski definition) is 1. The van der Waals surface area contributed by atoms with Crippen LogP contribution in [0.1, 0.15) is 25.6 Å². The summed E-state index contributed by atoms with van der Waals surface area (Å²) >= 11 is 0. The average molecular weight is 314 g/mol. The summed E-state index contributed by atoms with van der Waals surface area (Å²) < 4.78 is 28.0. The van der Waals surface area contributed by atoms with Crippen LogP contribution in [0.15, 0.2) is 41.4 Å². The van der Waals surface area contributed by atoms with Crippen LogP contribution in [0.4, 0.5) is 11.5 Å². The van der Waals surface area contributed by atoms with Crippen LogP contribution in [-0.2, 0) is 10.0 Å².